The molecule has 1 N–H and O–H groups in total. The van der Waals surface area contributed by atoms with Gasteiger partial charge in [0.15, 0.2) is 0 Å². The molecule has 0 aliphatic heterocycles. The minimum absolute atomic E-state index is 0.133. The van der Waals surface area contributed by atoms with Crippen molar-refractivity contribution in [3.8, 4) is 0 Å². The van der Waals surface area contributed by atoms with Crippen LogP contribution in [0.25, 0.3) is 32.3 Å². The molecule has 0 radical (unpaired) electrons. The molecule has 0 aliphatic rings. The summed E-state index contributed by atoms with van der Waals surface area (Å²) < 4.78 is 10.5. The molecule has 0 aromatic heterocycles. The van der Waals surface area contributed by atoms with Gasteiger partial charge in [0.05, 0.1) is 12.5 Å². The number of nitrogens with one attached hydrogen (secondary N) is 1. The smallest absolute Gasteiger partial charge is 0.407 e. The highest BCUT2D eigenvalue weighted by molar-refractivity contribution is 6.23. The van der Waals surface area contributed by atoms with E-state index in [1.807, 2.05) is 19.9 Å². The van der Waals surface area contributed by atoms with Crippen molar-refractivity contribution in [3.63, 3.8) is 0 Å². The highest BCUT2D eigenvalue weighted by Crippen LogP contribution is 2.36. The molecule has 0 saturated heterocycles. The van der Waals surface area contributed by atoms with Crippen LogP contribution in [0.1, 0.15) is 25.8 Å². The molecule has 4 rings (SSSR count). The summed E-state index contributed by atoms with van der Waals surface area (Å²) >= 11 is 0. The van der Waals surface area contributed by atoms with Crippen LogP contribution in [-0.4, -0.2) is 25.2 Å². The molecule has 154 valence electrons. The highest BCUT2D eigenvalue weighted by Gasteiger charge is 2.13. The first-order valence-corrected chi connectivity index (χ1v) is 10.3. The van der Waals surface area contributed by atoms with Crippen molar-refractivity contribution in [3.05, 3.63) is 60.2 Å². The molecule has 1 amide bonds. The molecule has 0 fully saturated rings. The predicted molar refractivity (Wildman–Crippen MR) is 119 cm³/mol. The van der Waals surface area contributed by atoms with Crippen LogP contribution < -0.4 is 5.32 Å². The summed E-state index contributed by atoms with van der Waals surface area (Å²) in [4.78, 5) is 23.7. The molecule has 0 saturated carbocycles. The van der Waals surface area contributed by atoms with Crippen molar-refractivity contribution in [2.45, 2.75) is 26.9 Å². The van der Waals surface area contributed by atoms with Gasteiger partial charge in [0.1, 0.15) is 13.2 Å². The number of esters is 1. The second kappa shape index (κ2) is 8.57. The number of carbonyl (C=O) groups is 2. The van der Waals surface area contributed by atoms with Gasteiger partial charge in [-0.3, -0.25) is 4.79 Å². The van der Waals surface area contributed by atoms with Gasteiger partial charge >= 0.3 is 12.1 Å². The van der Waals surface area contributed by atoms with E-state index in [-0.39, 0.29) is 31.6 Å². The van der Waals surface area contributed by atoms with Gasteiger partial charge in [-0.1, -0.05) is 68.4 Å². The number of carbonyl (C=O) groups excluding carboxylic acids is 2. The fourth-order valence-corrected chi connectivity index (χ4v) is 3.73. The standard InChI is InChI=1S/C25H25NO4/c1-3-16(2)24(27)29-14-13-26-25(28)30-15-20-10-9-19-8-7-17-5-4-6-18-11-12-21(20)23(19)22(17)18/h4-12,16H,3,13-15H2,1-2H3,(H,26,28). The third-order valence-corrected chi connectivity index (χ3v) is 5.61. The zero-order valence-corrected chi connectivity index (χ0v) is 17.2. The lowest BCUT2D eigenvalue weighted by atomic mass is 9.92. The fraction of sp³-hybridized carbons (Fsp3) is 0.280. The Labute approximate surface area is 175 Å². The summed E-state index contributed by atoms with van der Waals surface area (Å²) in [6, 6.07) is 18.8. The van der Waals surface area contributed by atoms with Gasteiger partial charge < -0.3 is 14.8 Å². The maximum atomic E-state index is 12.0. The second-order valence-corrected chi connectivity index (χ2v) is 7.56. The lowest BCUT2D eigenvalue weighted by Crippen LogP contribution is -2.29. The van der Waals surface area contributed by atoms with Crippen LogP contribution in [0, 0.1) is 5.92 Å². The Bertz CT molecular complexity index is 1180. The predicted octanol–water partition coefficient (Wildman–Crippen LogP) is 5.40. The number of hydrogen-bond acceptors (Lipinski definition) is 4. The van der Waals surface area contributed by atoms with Gasteiger partial charge in [0, 0.05) is 0 Å². The summed E-state index contributed by atoms with van der Waals surface area (Å²) in [5, 5.41) is 9.73. The summed E-state index contributed by atoms with van der Waals surface area (Å²) in [6.45, 7) is 4.28. The maximum absolute atomic E-state index is 12.0. The van der Waals surface area contributed by atoms with Gasteiger partial charge in [-0.25, -0.2) is 4.79 Å². The highest BCUT2D eigenvalue weighted by atomic mass is 16.6. The second-order valence-electron chi connectivity index (χ2n) is 7.56. The largest absolute Gasteiger partial charge is 0.464 e. The molecular weight excluding hydrogens is 378 g/mol. The Balaban J connectivity index is 1.42. The molecule has 0 heterocycles. The first-order valence-electron chi connectivity index (χ1n) is 10.3. The van der Waals surface area contributed by atoms with E-state index in [4.69, 9.17) is 9.47 Å². The van der Waals surface area contributed by atoms with E-state index in [2.05, 4.69) is 53.8 Å². The molecule has 5 nitrogen and oxygen atoms in total. The first kappa shape index (κ1) is 20.0. The van der Waals surface area contributed by atoms with Crippen molar-refractivity contribution < 1.29 is 19.1 Å². The first-order chi connectivity index (χ1) is 14.6. The molecule has 1 unspecified atom stereocenters. The van der Waals surface area contributed by atoms with Crippen molar-refractivity contribution in [2.24, 2.45) is 5.92 Å². The van der Waals surface area contributed by atoms with E-state index >= 15 is 0 Å². The van der Waals surface area contributed by atoms with Gasteiger partial charge in [-0.15, -0.1) is 0 Å². The molecule has 0 spiro atoms. The third kappa shape index (κ3) is 3.88. The SMILES string of the molecule is CCC(C)C(=O)OCCNC(=O)OCc1ccc2ccc3cccc4ccc1c2c34. The maximum Gasteiger partial charge on any atom is 0.407 e. The normalized spacial score (nSPS) is 12.3. The minimum Gasteiger partial charge on any atom is -0.464 e. The lowest BCUT2D eigenvalue weighted by molar-refractivity contribution is -0.147. The van der Waals surface area contributed by atoms with Gasteiger partial charge in [-0.2, -0.15) is 0 Å². The Morgan fingerprint density at radius 3 is 2.30 bits per heavy atom. The van der Waals surface area contributed by atoms with Crippen LogP contribution in [0.5, 0.6) is 0 Å². The van der Waals surface area contributed by atoms with Crippen molar-refractivity contribution >= 4 is 44.4 Å². The van der Waals surface area contributed by atoms with Crippen molar-refractivity contribution in [1.29, 1.82) is 0 Å². The molecular formula is C25H25NO4. The van der Waals surface area contributed by atoms with Crippen molar-refractivity contribution in [1.82, 2.24) is 5.32 Å². The Kier molecular flexibility index (Phi) is 5.70. The summed E-state index contributed by atoms with van der Waals surface area (Å²) in [6.07, 6.45) is 0.202. The lowest BCUT2D eigenvalue weighted by Gasteiger charge is -2.14. The molecule has 4 aromatic rings. The number of alkyl carbamates (subject to hydrolysis) is 1. The molecule has 0 bridgehead atoms. The van der Waals surface area contributed by atoms with Gasteiger partial charge in [0.25, 0.3) is 0 Å². The number of benzene rings is 4. The van der Waals surface area contributed by atoms with E-state index in [1.165, 1.54) is 26.9 Å². The number of hydrogen-bond donors (Lipinski definition) is 1. The molecule has 30 heavy (non-hydrogen) atoms. The van der Waals surface area contributed by atoms with E-state index < -0.39 is 6.09 Å². The molecule has 0 aliphatic carbocycles. The van der Waals surface area contributed by atoms with Crippen LogP contribution in [-0.2, 0) is 20.9 Å². The van der Waals surface area contributed by atoms with Crippen LogP contribution >= 0.6 is 0 Å². The zero-order chi connectivity index (χ0) is 21.1. The molecule has 1 atom stereocenters. The molecule has 5 heteroatoms. The fourth-order valence-electron chi connectivity index (χ4n) is 3.73. The third-order valence-electron chi connectivity index (χ3n) is 5.61. The Morgan fingerprint density at radius 2 is 1.57 bits per heavy atom. The Morgan fingerprint density at radius 1 is 0.900 bits per heavy atom. The zero-order valence-electron chi connectivity index (χ0n) is 17.2. The molecule has 4 aromatic carbocycles. The van der Waals surface area contributed by atoms with Crippen LogP contribution in [0.2, 0.25) is 0 Å². The average Bonchev–Trinajstić information content (AvgIpc) is 2.78. The van der Waals surface area contributed by atoms with E-state index in [1.54, 1.807) is 0 Å². The monoisotopic (exact) mass is 403 g/mol. The number of amides is 1. The summed E-state index contributed by atoms with van der Waals surface area (Å²) in [7, 11) is 0. The average molecular weight is 403 g/mol. The van der Waals surface area contributed by atoms with Gasteiger partial charge in [-0.05, 0) is 44.3 Å². The van der Waals surface area contributed by atoms with E-state index in [0.29, 0.717) is 0 Å². The van der Waals surface area contributed by atoms with Crippen LogP contribution in [0.3, 0.4) is 0 Å². The van der Waals surface area contributed by atoms with Crippen LogP contribution in [0.4, 0.5) is 4.79 Å². The van der Waals surface area contributed by atoms with Gasteiger partial charge in [0.2, 0.25) is 0 Å². The van der Waals surface area contributed by atoms with E-state index in [0.717, 1.165) is 17.4 Å². The topological polar surface area (TPSA) is 64.6 Å². The quantitative estimate of drug-likeness (QED) is 0.255. The summed E-state index contributed by atoms with van der Waals surface area (Å²) in [5.74, 6) is -0.382. The number of rotatable bonds is 7. The Hall–Kier alpha value is -3.34. The van der Waals surface area contributed by atoms with E-state index in [9.17, 15) is 9.59 Å². The number of ether oxygens (including phenoxy) is 2. The minimum atomic E-state index is -0.528. The summed E-state index contributed by atoms with van der Waals surface area (Å²) in [5.41, 5.74) is 0.958. The van der Waals surface area contributed by atoms with Crippen LogP contribution in [0.15, 0.2) is 54.6 Å². The van der Waals surface area contributed by atoms with Crippen molar-refractivity contribution in [2.75, 3.05) is 13.2 Å².